The van der Waals surface area contributed by atoms with Gasteiger partial charge in [-0.2, -0.15) is 0 Å². The van der Waals surface area contributed by atoms with Crippen molar-refractivity contribution in [1.29, 1.82) is 0 Å². The molecule has 2 aromatic carbocycles. The van der Waals surface area contributed by atoms with Crippen molar-refractivity contribution in [3.05, 3.63) is 63.5 Å². The molecule has 0 aliphatic rings. The van der Waals surface area contributed by atoms with E-state index in [4.69, 9.17) is 11.6 Å². The van der Waals surface area contributed by atoms with Gasteiger partial charge in [0.05, 0.1) is 21.8 Å². The molecule has 0 saturated heterocycles. The second kappa shape index (κ2) is 6.66. The first kappa shape index (κ1) is 17.1. The molecule has 5 nitrogen and oxygen atoms in total. The molecule has 7 heteroatoms. The molecule has 0 fully saturated rings. The largest absolute Gasteiger partial charge is 0.478 e. The lowest BCUT2D eigenvalue weighted by Crippen LogP contribution is -2.07. The molecule has 1 heterocycles. The van der Waals surface area contributed by atoms with E-state index in [9.17, 15) is 19.8 Å². The summed E-state index contributed by atoms with van der Waals surface area (Å²) in [5.74, 6) is -2.35. The smallest absolute Gasteiger partial charge is 0.336 e. The van der Waals surface area contributed by atoms with E-state index in [-0.39, 0.29) is 16.7 Å². The highest BCUT2D eigenvalue weighted by Gasteiger charge is 2.19. The van der Waals surface area contributed by atoms with E-state index in [1.54, 1.807) is 11.4 Å². The number of carbonyl (C=O) groups is 2. The second-order valence-electron chi connectivity index (χ2n) is 5.32. The van der Waals surface area contributed by atoms with Crippen LogP contribution in [0.25, 0.3) is 21.8 Å². The maximum Gasteiger partial charge on any atom is 0.336 e. The molecular weight excluding hydrogens is 362 g/mol. The van der Waals surface area contributed by atoms with Crippen LogP contribution >= 0.6 is 22.9 Å². The van der Waals surface area contributed by atoms with Crippen molar-refractivity contribution in [2.24, 2.45) is 0 Å². The van der Waals surface area contributed by atoms with Crippen LogP contribution < -0.4 is 0 Å². The standard InChI is InChI=1S/C18H12ClNO4S/c1-9-12(17(21)22)6-10(7-13(9)18(23)24)15-8-25-16(20-15)11-4-2-3-5-14(11)19/h2-8H,1H3,(H,21,22)(H,23,24). The first-order valence-corrected chi connectivity index (χ1v) is 8.46. The lowest BCUT2D eigenvalue weighted by molar-refractivity contribution is 0.0696. The Morgan fingerprint density at radius 3 is 2.24 bits per heavy atom. The molecule has 0 spiro atoms. The Balaban J connectivity index is 2.13. The van der Waals surface area contributed by atoms with Crippen LogP contribution in [-0.4, -0.2) is 27.1 Å². The average molecular weight is 374 g/mol. The van der Waals surface area contributed by atoms with Crippen molar-refractivity contribution in [2.45, 2.75) is 6.92 Å². The quantitative estimate of drug-likeness (QED) is 0.683. The first-order valence-electron chi connectivity index (χ1n) is 7.20. The first-order chi connectivity index (χ1) is 11.9. The molecule has 0 saturated carbocycles. The predicted octanol–water partition coefficient (Wildman–Crippen LogP) is 4.84. The number of rotatable bonds is 4. The molecule has 0 bridgehead atoms. The topological polar surface area (TPSA) is 87.5 Å². The van der Waals surface area contributed by atoms with E-state index < -0.39 is 11.9 Å². The fourth-order valence-corrected chi connectivity index (χ4v) is 3.62. The zero-order valence-corrected chi connectivity index (χ0v) is 14.6. The summed E-state index contributed by atoms with van der Waals surface area (Å²) in [4.78, 5) is 27.3. The van der Waals surface area contributed by atoms with Gasteiger partial charge >= 0.3 is 11.9 Å². The number of aromatic nitrogens is 1. The zero-order chi connectivity index (χ0) is 18.1. The van der Waals surface area contributed by atoms with Gasteiger partial charge in [-0.25, -0.2) is 14.6 Å². The molecule has 0 aliphatic heterocycles. The third kappa shape index (κ3) is 3.26. The van der Waals surface area contributed by atoms with Gasteiger partial charge in [-0.3, -0.25) is 0 Å². The molecule has 1 aromatic heterocycles. The van der Waals surface area contributed by atoms with Crippen molar-refractivity contribution < 1.29 is 19.8 Å². The van der Waals surface area contributed by atoms with Gasteiger partial charge in [0.25, 0.3) is 0 Å². The van der Waals surface area contributed by atoms with Gasteiger partial charge in [0, 0.05) is 16.5 Å². The summed E-state index contributed by atoms with van der Waals surface area (Å²) in [5, 5.41) is 21.7. The Bertz CT molecular complexity index is 961. The minimum Gasteiger partial charge on any atom is -0.478 e. The average Bonchev–Trinajstić information content (AvgIpc) is 3.04. The minimum atomic E-state index is -1.18. The third-order valence-electron chi connectivity index (χ3n) is 3.77. The Morgan fingerprint density at radius 2 is 1.68 bits per heavy atom. The number of hydrogen-bond donors (Lipinski definition) is 2. The van der Waals surface area contributed by atoms with Gasteiger partial charge in [0.1, 0.15) is 5.01 Å². The number of aromatic carboxylic acids is 2. The van der Waals surface area contributed by atoms with Crippen molar-refractivity contribution >= 4 is 34.9 Å². The minimum absolute atomic E-state index is 0.0535. The Hall–Kier alpha value is -2.70. The number of carboxylic acids is 2. The van der Waals surface area contributed by atoms with E-state index >= 15 is 0 Å². The number of benzene rings is 2. The number of halogens is 1. The van der Waals surface area contributed by atoms with Crippen LogP contribution in [-0.2, 0) is 0 Å². The molecule has 0 aliphatic carbocycles. The van der Waals surface area contributed by atoms with Crippen molar-refractivity contribution in [3.63, 3.8) is 0 Å². The van der Waals surface area contributed by atoms with Crippen LogP contribution in [0.2, 0.25) is 5.02 Å². The van der Waals surface area contributed by atoms with E-state index in [0.29, 0.717) is 21.3 Å². The van der Waals surface area contributed by atoms with Gasteiger partial charge in [-0.15, -0.1) is 11.3 Å². The lowest BCUT2D eigenvalue weighted by Gasteiger charge is -2.08. The molecule has 0 radical (unpaired) electrons. The number of hydrogen-bond acceptors (Lipinski definition) is 4. The second-order valence-corrected chi connectivity index (χ2v) is 6.59. The molecule has 0 unspecified atom stereocenters. The van der Waals surface area contributed by atoms with Crippen LogP contribution in [0.5, 0.6) is 0 Å². The van der Waals surface area contributed by atoms with Gasteiger partial charge in [-0.05, 0) is 30.7 Å². The predicted molar refractivity (Wildman–Crippen MR) is 96.7 cm³/mol. The summed E-state index contributed by atoms with van der Waals surface area (Å²) >= 11 is 7.53. The zero-order valence-electron chi connectivity index (χ0n) is 13.0. The Labute approximate surface area is 152 Å². The van der Waals surface area contributed by atoms with Crippen LogP contribution in [0.4, 0.5) is 0 Å². The van der Waals surface area contributed by atoms with Crippen LogP contribution in [0.15, 0.2) is 41.8 Å². The molecule has 0 atom stereocenters. The van der Waals surface area contributed by atoms with Crippen LogP contribution in [0.3, 0.4) is 0 Å². The van der Waals surface area contributed by atoms with E-state index in [1.807, 2.05) is 18.2 Å². The number of nitrogens with zero attached hydrogens (tertiary/aromatic N) is 1. The third-order valence-corrected chi connectivity index (χ3v) is 4.98. The fourth-order valence-electron chi connectivity index (χ4n) is 2.47. The summed E-state index contributed by atoms with van der Waals surface area (Å²) in [6.07, 6.45) is 0. The normalized spacial score (nSPS) is 10.6. The van der Waals surface area contributed by atoms with Gasteiger partial charge < -0.3 is 10.2 Å². The lowest BCUT2D eigenvalue weighted by atomic mass is 9.97. The highest BCUT2D eigenvalue weighted by atomic mass is 35.5. The van der Waals surface area contributed by atoms with E-state index in [1.165, 1.54) is 30.4 Å². The number of thiazole rings is 1. The number of carboxylic acid groups (broad SMARTS) is 2. The highest BCUT2D eigenvalue weighted by Crippen LogP contribution is 2.34. The van der Waals surface area contributed by atoms with Crippen LogP contribution in [0.1, 0.15) is 26.3 Å². The highest BCUT2D eigenvalue weighted by molar-refractivity contribution is 7.13. The van der Waals surface area contributed by atoms with Gasteiger partial charge in [-0.1, -0.05) is 29.8 Å². The summed E-state index contributed by atoms with van der Waals surface area (Å²) in [6, 6.07) is 10.1. The molecule has 3 aromatic rings. The van der Waals surface area contributed by atoms with Gasteiger partial charge in [0.15, 0.2) is 0 Å². The SMILES string of the molecule is Cc1c(C(=O)O)cc(-c2csc(-c3ccccc3Cl)n2)cc1C(=O)O. The Morgan fingerprint density at radius 1 is 1.08 bits per heavy atom. The Kier molecular flexibility index (Phi) is 4.57. The fraction of sp³-hybridized carbons (Fsp3) is 0.0556. The molecule has 2 N–H and O–H groups in total. The summed E-state index contributed by atoms with van der Waals surface area (Å²) in [6.45, 7) is 1.48. The molecule has 3 rings (SSSR count). The molecule has 126 valence electrons. The maximum atomic E-state index is 11.4. The van der Waals surface area contributed by atoms with E-state index in [0.717, 1.165) is 5.56 Å². The van der Waals surface area contributed by atoms with Crippen molar-refractivity contribution in [2.75, 3.05) is 0 Å². The monoisotopic (exact) mass is 373 g/mol. The van der Waals surface area contributed by atoms with Gasteiger partial charge in [0.2, 0.25) is 0 Å². The molecular formula is C18H12ClNO4S. The maximum absolute atomic E-state index is 11.4. The summed E-state index contributed by atoms with van der Waals surface area (Å²) in [5.41, 5.74) is 1.82. The molecule has 25 heavy (non-hydrogen) atoms. The van der Waals surface area contributed by atoms with Crippen LogP contribution in [0, 0.1) is 6.92 Å². The van der Waals surface area contributed by atoms with Crippen molar-refractivity contribution in [1.82, 2.24) is 4.98 Å². The van der Waals surface area contributed by atoms with Crippen molar-refractivity contribution in [3.8, 4) is 21.8 Å². The summed E-state index contributed by atoms with van der Waals surface area (Å²) < 4.78 is 0. The molecule has 0 amide bonds. The summed E-state index contributed by atoms with van der Waals surface area (Å²) in [7, 11) is 0. The van der Waals surface area contributed by atoms with E-state index in [2.05, 4.69) is 4.98 Å².